The zero-order valence-corrected chi connectivity index (χ0v) is 12.7. The molecular weight excluding hydrogens is 262 g/mol. The summed E-state index contributed by atoms with van der Waals surface area (Å²) in [6, 6.07) is -0.479. The molecule has 1 aliphatic rings. The molecule has 0 aliphatic carbocycles. The summed E-state index contributed by atoms with van der Waals surface area (Å²) < 4.78 is 10.1. The second-order valence-corrected chi connectivity index (χ2v) is 6.08. The predicted octanol–water partition coefficient (Wildman–Crippen LogP) is 0.827. The zero-order valence-electron chi connectivity index (χ0n) is 12.7. The van der Waals surface area contributed by atoms with Gasteiger partial charge in [0.2, 0.25) is 0 Å². The van der Waals surface area contributed by atoms with Gasteiger partial charge in [0.15, 0.2) is 11.9 Å². The number of hydrogen-bond donors (Lipinski definition) is 1. The summed E-state index contributed by atoms with van der Waals surface area (Å²) in [7, 11) is 0. The van der Waals surface area contributed by atoms with Crippen LogP contribution in [0.3, 0.4) is 0 Å². The molecule has 1 N–H and O–H groups in total. The van der Waals surface area contributed by atoms with Crippen molar-refractivity contribution in [3.05, 3.63) is 0 Å². The Bertz CT molecular complexity index is 399. The molecule has 1 heterocycles. The minimum atomic E-state index is -0.781. The van der Waals surface area contributed by atoms with Crippen molar-refractivity contribution in [2.24, 2.45) is 5.92 Å². The minimum Gasteiger partial charge on any atom is -0.459 e. The molecule has 0 saturated carbocycles. The molecule has 20 heavy (non-hydrogen) atoms. The molecule has 0 bridgehead atoms. The van der Waals surface area contributed by atoms with Gasteiger partial charge >= 0.3 is 11.9 Å². The lowest BCUT2D eigenvalue weighted by Crippen LogP contribution is -2.37. The SMILES string of the molecule is CC(=O)OC(C)C(=O)C1CN[C@H](C(=O)OC(C)(C)C)C1. The van der Waals surface area contributed by atoms with Crippen molar-refractivity contribution >= 4 is 17.7 Å². The predicted molar refractivity (Wildman–Crippen MR) is 72.0 cm³/mol. The second-order valence-electron chi connectivity index (χ2n) is 6.08. The van der Waals surface area contributed by atoms with Crippen molar-refractivity contribution in [1.29, 1.82) is 0 Å². The Kier molecular flexibility index (Phi) is 5.28. The van der Waals surface area contributed by atoms with Crippen LogP contribution in [-0.4, -0.2) is 42.0 Å². The topological polar surface area (TPSA) is 81.7 Å². The van der Waals surface area contributed by atoms with Gasteiger partial charge in [-0.2, -0.15) is 0 Å². The molecule has 0 aromatic heterocycles. The third-order valence-corrected chi connectivity index (χ3v) is 2.97. The molecule has 3 atom stereocenters. The van der Waals surface area contributed by atoms with Crippen LogP contribution in [0.5, 0.6) is 0 Å². The highest BCUT2D eigenvalue weighted by Crippen LogP contribution is 2.20. The van der Waals surface area contributed by atoms with Gasteiger partial charge in [-0.15, -0.1) is 0 Å². The third-order valence-electron chi connectivity index (χ3n) is 2.97. The summed E-state index contributed by atoms with van der Waals surface area (Å²) in [6.07, 6.45) is -0.406. The summed E-state index contributed by atoms with van der Waals surface area (Å²) in [4.78, 5) is 34.8. The van der Waals surface area contributed by atoms with Crippen molar-refractivity contribution in [3.8, 4) is 0 Å². The summed E-state index contributed by atoms with van der Waals surface area (Å²) in [5.41, 5.74) is -0.550. The Balaban J connectivity index is 2.53. The molecule has 0 aromatic carbocycles. The van der Waals surface area contributed by atoms with E-state index in [0.717, 1.165) is 0 Å². The first-order chi connectivity index (χ1) is 9.10. The molecule has 0 spiro atoms. The highest BCUT2D eigenvalue weighted by atomic mass is 16.6. The maximum Gasteiger partial charge on any atom is 0.323 e. The molecule has 1 fully saturated rings. The molecule has 6 nitrogen and oxygen atoms in total. The summed E-state index contributed by atoms with van der Waals surface area (Å²) in [5.74, 6) is -1.34. The van der Waals surface area contributed by atoms with Crippen LogP contribution in [0.2, 0.25) is 0 Å². The van der Waals surface area contributed by atoms with Gasteiger partial charge < -0.3 is 14.8 Å². The van der Waals surface area contributed by atoms with Gasteiger partial charge in [0, 0.05) is 19.4 Å². The fourth-order valence-corrected chi connectivity index (χ4v) is 2.14. The van der Waals surface area contributed by atoms with Crippen LogP contribution in [0.1, 0.15) is 41.0 Å². The maximum absolute atomic E-state index is 12.1. The first kappa shape index (κ1) is 16.6. The first-order valence-corrected chi connectivity index (χ1v) is 6.77. The number of carbonyl (C=O) groups excluding carboxylic acids is 3. The van der Waals surface area contributed by atoms with E-state index in [4.69, 9.17) is 9.47 Å². The summed E-state index contributed by atoms with van der Waals surface area (Å²) >= 11 is 0. The lowest BCUT2D eigenvalue weighted by molar-refractivity contribution is -0.157. The van der Waals surface area contributed by atoms with E-state index in [1.54, 1.807) is 27.7 Å². The lowest BCUT2D eigenvalue weighted by Gasteiger charge is -2.22. The van der Waals surface area contributed by atoms with E-state index in [9.17, 15) is 14.4 Å². The molecule has 6 heteroatoms. The molecule has 0 aromatic rings. The average molecular weight is 285 g/mol. The van der Waals surface area contributed by atoms with Crippen molar-refractivity contribution in [2.75, 3.05) is 6.54 Å². The molecule has 1 saturated heterocycles. The van der Waals surface area contributed by atoms with E-state index in [0.29, 0.717) is 13.0 Å². The quantitative estimate of drug-likeness (QED) is 0.770. The molecule has 1 rings (SSSR count). The van der Waals surface area contributed by atoms with Crippen molar-refractivity contribution in [2.45, 2.75) is 58.8 Å². The summed E-state index contributed by atoms with van der Waals surface area (Å²) in [6.45, 7) is 8.60. The smallest absolute Gasteiger partial charge is 0.323 e. The minimum absolute atomic E-state index is 0.168. The number of rotatable bonds is 4. The number of ketones is 1. The molecular formula is C14H23NO5. The van der Waals surface area contributed by atoms with Gasteiger partial charge in [0.25, 0.3) is 0 Å². The average Bonchev–Trinajstić information content (AvgIpc) is 2.73. The van der Waals surface area contributed by atoms with E-state index >= 15 is 0 Å². The molecule has 0 radical (unpaired) electrons. The highest BCUT2D eigenvalue weighted by molar-refractivity contribution is 5.88. The maximum atomic E-state index is 12.1. The van der Waals surface area contributed by atoms with Crippen LogP contribution in [0.4, 0.5) is 0 Å². The van der Waals surface area contributed by atoms with Gasteiger partial charge in [-0.25, -0.2) is 0 Å². The number of Topliss-reactive ketones (excluding diaryl/α,β-unsaturated/α-hetero) is 1. The second kappa shape index (κ2) is 6.35. The number of nitrogens with one attached hydrogen (secondary N) is 1. The fourth-order valence-electron chi connectivity index (χ4n) is 2.14. The standard InChI is InChI=1S/C14H23NO5/c1-8(19-9(2)16)12(17)10-6-11(15-7-10)13(18)20-14(3,4)5/h8,10-11,15H,6-7H2,1-5H3/t8?,10?,11-/m0/s1. The van der Waals surface area contributed by atoms with Crippen LogP contribution >= 0.6 is 0 Å². The molecule has 2 unspecified atom stereocenters. The van der Waals surface area contributed by atoms with Gasteiger partial charge in [-0.05, 0) is 34.1 Å². The van der Waals surface area contributed by atoms with E-state index in [1.165, 1.54) is 6.92 Å². The van der Waals surface area contributed by atoms with Crippen LogP contribution in [0, 0.1) is 5.92 Å². The number of carbonyl (C=O) groups is 3. The van der Waals surface area contributed by atoms with Gasteiger partial charge in [0.1, 0.15) is 11.6 Å². The first-order valence-electron chi connectivity index (χ1n) is 6.77. The van der Waals surface area contributed by atoms with Crippen molar-refractivity contribution in [3.63, 3.8) is 0 Å². The van der Waals surface area contributed by atoms with Crippen molar-refractivity contribution in [1.82, 2.24) is 5.32 Å². The van der Waals surface area contributed by atoms with Crippen LogP contribution in [-0.2, 0) is 23.9 Å². The molecule has 0 amide bonds. The monoisotopic (exact) mass is 285 g/mol. The van der Waals surface area contributed by atoms with Gasteiger partial charge in [0.05, 0.1) is 0 Å². The van der Waals surface area contributed by atoms with E-state index in [2.05, 4.69) is 5.32 Å². The largest absolute Gasteiger partial charge is 0.459 e. The van der Waals surface area contributed by atoms with E-state index in [1.807, 2.05) is 0 Å². The third kappa shape index (κ3) is 4.92. The Morgan fingerprint density at radius 2 is 1.85 bits per heavy atom. The van der Waals surface area contributed by atoms with Crippen LogP contribution < -0.4 is 5.32 Å². The highest BCUT2D eigenvalue weighted by Gasteiger charge is 2.37. The summed E-state index contributed by atoms with van der Waals surface area (Å²) in [5, 5.41) is 2.98. The zero-order chi connectivity index (χ0) is 15.5. The van der Waals surface area contributed by atoms with Crippen molar-refractivity contribution < 1.29 is 23.9 Å². The Morgan fingerprint density at radius 1 is 1.25 bits per heavy atom. The lowest BCUT2D eigenvalue weighted by atomic mass is 9.97. The number of ether oxygens (including phenoxy) is 2. The number of esters is 2. The van der Waals surface area contributed by atoms with Crippen LogP contribution in [0.25, 0.3) is 0 Å². The number of hydrogen-bond acceptors (Lipinski definition) is 6. The van der Waals surface area contributed by atoms with E-state index in [-0.39, 0.29) is 17.7 Å². The molecule has 114 valence electrons. The Morgan fingerprint density at radius 3 is 2.35 bits per heavy atom. The van der Waals surface area contributed by atoms with Gasteiger partial charge in [-0.1, -0.05) is 0 Å². The van der Waals surface area contributed by atoms with Gasteiger partial charge in [-0.3, -0.25) is 14.4 Å². The van der Waals surface area contributed by atoms with E-state index < -0.39 is 23.7 Å². The van der Waals surface area contributed by atoms with Crippen LogP contribution in [0.15, 0.2) is 0 Å². The Labute approximate surface area is 119 Å². The fraction of sp³-hybridized carbons (Fsp3) is 0.786. The molecule has 1 aliphatic heterocycles. The Hall–Kier alpha value is -1.43. The normalized spacial score (nSPS) is 24.1.